The molecule has 0 bridgehead atoms. The zero-order chi connectivity index (χ0) is 26.5. The van der Waals surface area contributed by atoms with E-state index in [1.807, 2.05) is 42.5 Å². The number of aromatic nitrogens is 4. The van der Waals surface area contributed by atoms with Crippen LogP contribution >= 0.6 is 0 Å². The number of nitrogens with one attached hydrogen (secondary N) is 1. The molecule has 0 fully saturated rings. The second-order valence-electron chi connectivity index (χ2n) is 8.91. The average molecular weight is 521 g/mol. The van der Waals surface area contributed by atoms with Crippen molar-refractivity contribution in [3.63, 3.8) is 0 Å². The monoisotopic (exact) mass is 521 g/mol. The van der Waals surface area contributed by atoms with Crippen LogP contribution in [-0.4, -0.2) is 36.8 Å². The number of ether oxygens (including phenoxy) is 2. The van der Waals surface area contributed by atoms with Gasteiger partial charge in [0.05, 0.1) is 10.6 Å². The molecule has 1 unspecified atom stereocenters. The van der Waals surface area contributed by atoms with Crippen LogP contribution in [0.3, 0.4) is 0 Å². The molecule has 3 aromatic heterocycles. The Labute approximate surface area is 220 Å². The lowest BCUT2D eigenvalue weighted by atomic mass is 10.1. The first-order valence-corrected chi connectivity index (χ1v) is 12.0. The highest BCUT2D eigenvalue weighted by molar-refractivity contribution is 5.79. The second kappa shape index (κ2) is 8.85. The summed E-state index contributed by atoms with van der Waals surface area (Å²) < 4.78 is 18.1. The fraction of sp³-hybridized carbons (Fsp3) is 0.0714. The minimum Gasteiger partial charge on any atom is -0.458 e. The van der Waals surface area contributed by atoms with Crippen LogP contribution in [0.25, 0.3) is 39.3 Å². The van der Waals surface area contributed by atoms with E-state index in [1.165, 1.54) is 4.68 Å². The van der Waals surface area contributed by atoms with Crippen LogP contribution in [0.4, 0.5) is 5.69 Å². The summed E-state index contributed by atoms with van der Waals surface area (Å²) in [6.45, 7) is 0.0515. The van der Waals surface area contributed by atoms with Gasteiger partial charge in [-0.3, -0.25) is 15.2 Å². The third-order valence-electron chi connectivity index (χ3n) is 6.55. The second-order valence-corrected chi connectivity index (χ2v) is 8.91. The van der Waals surface area contributed by atoms with Crippen LogP contribution in [-0.2, 0) is 0 Å². The largest absolute Gasteiger partial charge is 0.458 e. The fourth-order valence-corrected chi connectivity index (χ4v) is 4.72. The Kier molecular flexibility index (Phi) is 5.17. The van der Waals surface area contributed by atoms with Gasteiger partial charge in [0.15, 0.2) is 34.8 Å². The highest BCUT2D eigenvalue weighted by Crippen LogP contribution is 2.43. The van der Waals surface area contributed by atoms with Gasteiger partial charge in [-0.2, -0.15) is 10.2 Å². The smallest absolute Gasteiger partial charge is 0.321 e. The molecule has 2 N–H and O–H groups in total. The number of para-hydroxylation sites is 1. The Hall–Kier alpha value is -5.42. The number of rotatable bonds is 6. The van der Waals surface area contributed by atoms with E-state index in [4.69, 9.17) is 13.9 Å². The van der Waals surface area contributed by atoms with Crippen molar-refractivity contribution in [2.24, 2.45) is 0 Å². The molecular weight excluding hydrogens is 502 g/mol. The minimum absolute atomic E-state index is 0.0515. The number of fused-ring (bicyclic) bond motifs is 2. The first-order valence-electron chi connectivity index (χ1n) is 12.0. The zero-order valence-electron chi connectivity index (χ0n) is 20.1. The van der Waals surface area contributed by atoms with E-state index in [1.54, 1.807) is 42.5 Å². The van der Waals surface area contributed by atoms with Gasteiger partial charge in [-0.15, -0.1) is 0 Å². The summed E-state index contributed by atoms with van der Waals surface area (Å²) >= 11 is 0. The molecule has 7 rings (SSSR count). The number of aromatic amines is 1. The quantitative estimate of drug-likeness (QED) is 0.219. The van der Waals surface area contributed by atoms with Crippen LogP contribution in [0, 0.1) is 10.1 Å². The highest BCUT2D eigenvalue weighted by atomic mass is 16.7. The van der Waals surface area contributed by atoms with Crippen molar-refractivity contribution in [1.29, 1.82) is 0 Å². The maximum Gasteiger partial charge on any atom is 0.321 e. The van der Waals surface area contributed by atoms with Gasteiger partial charge in [0.2, 0.25) is 6.79 Å². The fourth-order valence-electron chi connectivity index (χ4n) is 4.72. The van der Waals surface area contributed by atoms with Gasteiger partial charge in [-0.1, -0.05) is 48.5 Å². The van der Waals surface area contributed by atoms with Crippen LogP contribution in [0.15, 0.2) is 89.3 Å². The number of hydrogen-bond acceptors (Lipinski definition) is 8. The molecule has 1 atom stereocenters. The summed E-state index contributed by atoms with van der Waals surface area (Å²) in [6.07, 6.45) is -1.51. The van der Waals surface area contributed by atoms with E-state index in [0.717, 1.165) is 10.9 Å². The van der Waals surface area contributed by atoms with E-state index in [0.29, 0.717) is 34.2 Å². The van der Waals surface area contributed by atoms with Crippen LogP contribution in [0.5, 0.6) is 11.5 Å². The number of benzene rings is 3. The number of H-pyrrole nitrogens is 1. The van der Waals surface area contributed by atoms with E-state index < -0.39 is 11.0 Å². The summed E-state index contributed by atoms with van der Waals surface area (Å²) in [5.41, 5.74) is 2.11. The molecule has 0 radical (unpaired) electrons. The Balaban J connectivity index is 1.43. The highest BCUT2D eigenvalue weighted by Gasteiger charge is 2.36. The van der Waals surface area contributed by atoms with Crippen molar-refractivity contribution < 1.29 is 23.9 Å². The zero-order valence-corrected chi connectivity index (χ0v) is 20.1. The van der Waals surface area contributed by atoms with Gasteiger partial charge in [0.25, 0.3) is 0 Å². The number of hydrogen-bond donors (Lipinski definition) is 2. The summed E-state index contributed by atoms with van der Waals surface area (Å²) in [5, 5.41) is 36.6. The van der Waals surface area contributed by atoms with Crippen molar-refractivity contribution in [1.82, 2.24) is 20.0 Å². The Morgan fingerprint density at radius 2 is 1.74 bits per heavy atom. The number of nitro groups is 1. The van der Waals surface area contributed by atoms with Crippen molar-refractivity contribution in [2.75, 3.05) is 6.79 Å². The summed E-state index contributed by atoms with van der Waals surface area (Å²) in [7, 11) is 0. The van der Waals surface area contributed by atoms with Gasteiger partial charge in [-0.25, -0.2) is 4.68 Å². The molecule has 0 aliphatic carbocycles. The molecule has 192 valence electrons. The predicted octanol–water partition coefficient (Wildman–Crippen LogP) is 5.39. The molecule has 3 aromatic carbocycles. The van der Waals surface area contributed by atoms with E-state index >= 15 is 0 Å². The van der Waals surface area contributed by atoms with Gasteiger partial charge >= 0.3 is 5.69 Å². The maximum absolute atomic E-state index is 12.6. The van der Waals surface area contributed by atoms with Crippen molar-refractivity contribution in [3.8, 4) is 39.8 Å². The molecule has 0 amide bonds. The molecule has 1 aliphatic rings. The normalized spacial score (nSPS) is 13.2. The van der Waals surface area contributed by atoms with Gasteiger partial charge < -0.3 is 19.0 Å². The maximum atomic E-state index is 12.6. The number of aliphatic hydroxyl groups excluding tert-OH is 1. The molecule has 4 heterocycles. The molecular formula is C28H19N5O6. The first kappa shape index (κ1) is 22.8. The molecule has 0 saturated heterocycles. The first-order chi connectivity index (χ1) is 19.1. The third kappa shape index (κ3) is 3.80. The summed E-state index contributed by atoms with van der Waals surface area (Å²) in [6, 6.07) is 25.1. The van der Waals surface area contributed by atoms with Crippen molar-refractivity contribution >= 4 is 16.7 Å². The Morgan fingerprint density at radius 3 is 2.56 bits per heavy atom. The average Bonchev–Trinajstić information content (AvgIpc) is 3.76. The van der Waals surface area contributed by atoms with Crippen LogP contribution in [0.2, 0.25) is 0 Å². The van der Waals surface area contributed by atoms with Gasteiger partial charge in [-0.05, 0) is 35.9 Å². The lowest BCUT2D eigenvalue weighted by Gasteiger charge is -2.05. The molecule has 11 heteroatoms. The molecule has 39 heavy (non-hydrogen) atoms. The van der Waals surface area contributed by atoms with E-state index in [9.17, 15) is 15.2 Å². The molecule has 0 saturated carbocycles. The SMILES string of the molecule is O=[N+]([O-])c1c(C(O)c2cc3ccccc3o2)nn(-c2cc(-c3ccccc3)[nH]n2)c1-c1ccc2c(c1)OCO2. The Morgan fingerprint density at radius 1 is 0.949 bits per heavy atom. The van der Waals surface area contributed by atoms with Gasteiger partial charge in [0.1, 0.15) is 11.3 Å². The van der Waals surface area contributed by atoms with Crippen LogP contribution < -0.4 is 9.47 Å². The summed E-state index contributed by atoms with van der Waals surface area (Å²) in [4.78, 5) is 12.0. The minimum atomic E-state index is -1.51. The lowest BCUT2D eigenvalue weighted by Crippen LogP contribution is -2.04. The lowest BCUT2D eigenvalue weighted by molar-refractivity contribution is -0.385. The van der Waals surface area contributed by atoms with Gasteiger partial charge in [0, 0.05) is 17.0 Å². The predicted molar refractivity (Wildman–Crippen MR) is 140 cm³/mol. The number of furan rings is 1. The van der Waals surface area contributed by atoms with E-state index in [2.05, 4.69) is 15.3 Å². The number of nitrogens with zero attached hydrogens (tertiary/aromatic N) is 4. The topological polar surface area (TPSA) is 141 Å². The van der Waals surface area contributed by atoms with Crippen molar-refractivity contribution in [2.45, 2.75) is 6.10 Å². The molecule has 11 nitrogen and oxygen atoms in total. The van der Waals surface area contributed by atoms with Crippen LogP contribution in [0.1, 0.15) is 17.6 Å². The standard InChI is InChI=1S/C28H19N5O6/c34-28(23-12-17-8-4-5-9-20(17)39-23)25-27(33(35)36)26(18-10-11-21-22(13-18)38-15-37-21)32(31-25)24-14-19(29-30-24)16-6-2-1-3-7-16/h1-14,28,34H,15H2,(H,29,30). The molecule has 6 aromatic rings. The van der Waals surface area contributed by atoms with Crippen molar-refractivity contribution in [3.05, 3.63) is 106 Å². The Bertz CT molecular complexity index is 1820. The molecule has 0 spiro atoms. The summed E-state index contributed by atoms with van der Waals surface area (Å²) in [5.74, 6) is 1.41. The number of aliphatic hydroxyl groups is 1. The van der Waals surface area contributed by atoms with E-state index in [-0.39, 0.29) is 29.6 Å². The molecule has 1 aliphatic heterocycles. The third-order valence-corrected chi connectivity index (χ3v) is 6.55.